The molecule has 0 aromatic carbocycles. The summed E-state index contributed by atoms with van der Waals surface area (Å²) in [5.74, 6) is 0. The molecule has 0 radical (unpaired) electrons. The van der Waals surface area contributed by atoms with Crippen LogP contribution in [0, 0.1) is 0 Å². The third-order valence-electron chi connectivity index (χ3n) is 2.34. The number of nitrogens with two attached hydrogens (primary N) is 1. The lowest BCUT2D eigenvalue weighted by Crippen LogP contribution is -2.25. The van der Waals surface area contributed by atoms with Gasteiger partial charge >= 0.3 is 0 Å². The highest BCUT2D eigenvalue weighted by molar-refractivity contribution is 7.09. The van der Waals surface area contributed by atoms with Crippen molar-refractivity contribution in [1.29, 1.82) is 0 Å². The zero-order chi connectivity index (χ0) is 10.4. The minimum atomic E-state index is 0.557. The zero-order valence-electron chi connectivity index (χ0n) is 8.99. The van der Waals surface area contributed by atoms with Crippen molar-refractivity contribution in [2.45, 2.75) is 26.8 Å². The normalized spacial score (nSPS) is 11.1. The third kappa shape index (κ3) is 3.36. The second-order valence-electron chi connectivity index (χ2n) is 3.21. The average molecular weight is 213 g/mol. The molecule has 0 saturated carbocycles. The number of hydrogen-bond donors (Lipinski definition) is 1. The van der Waals surface area contributed by atoms with Crippen LogP contribution in [0.25, 0.3) is 0 Å². The van der Waals surface area contributed by atoms with Gasteiger partial charge in [-0.3, -0.25) is 0 Å². The van der Waals surface area contributed by atoms with Crippen LogP contribution in [0.15, 0.2) is 5.38 Å². The largest absolute Gasteiger partial charge is 0.325 e. The fourth-order valence-electron chi connectivity index (χ4n) is 1.35. The first-order valence-electron chi connectivity index (χ1n) is 5.15. The molecule has 0 saturated heterocycles. The maximum absolute atomic E-state index is 5.51. The molecule has 0 atom stereocenters. The van der Waals surface area contributed by atoms with Crippen LogP contribution in [-0.2, 0) is 13.0 Å². The van der Waals surface area contributed by atoms with Crippen molar-refractivity contribution in [2.75, 3.05) is 19.6 Å². The van der Waals surface area contributed by atoms with E-state index in [0.29, 0.717) is 6.54 Å². The fraction of sp³-hybridized carbons (Fsp3) is 0.700. The molecule has 0 aliphatic rings. The fourth-order valence-corrected chi connectivity index (χ4v) is 2.15. The summed E-state index contributed by atoms with van der Waals surface area (Å²) in [6.45, 7) is 8.27. The Balaban J connectivity index is 2.37. The van der Waals surface area contributed by atoms with Gasteiger partial charge in [-0.05, 0) is 13.1 Å². The molecule has 0 fully saturated rings. The lowest BCUT2D eigenvalue weighted by atomic mass is 10.4. The van der Waals surface area contributed by atoms with Crippen LogP contribution in [0.2, 0.25) is 0 Å². The van der Waals surface area contributed by atoms with Crippen LogP contribution in [-0.4, -0.2) is 29.5 Å². The summed E-state index contributed by atoms with van der Waals surface area (Å²) in [5, 5.41) is 3.26. The van der Waals surface area contributed by atoms with E-state index in [1.165, 1.54) is 5.01 Å². The molecule has 0 unspecified atom stereocenters. The van der Waals surface area contributed by atoms with Gasteiger partial charge in [-0.2, -0.15) is 0 Å². The molecule has 1 rings (SSSR count). The zero-order valence-corrected chi connectivity index (χ0v) is 9.81. The highest BCUT2D eigenvalue weighted by Crippen LogP contribution is 2.10. The Morgan fingerprint density at radius 1 is 1.43 bits per heavy atom. The Labute approximate surface area is 89.9 Å². The van der Waals surface area contributed by atoms with E-state index < -0.39 is 0 Å². The lowest BCUT2D eigenvalue weighted by Gasteiger charge is -2.16. The van der Waals surface area contributed by atoms with Crippen LogP contribution in [0.1, 0.15) is 24.5 Å². The van der Waals surface area contributed by atoms with Crippen molar-refractivity contribution in [3.8, 4) is 0 Å². The van der Waals surface area contributed by atoms with Crippen LogP contribution in [0.4, 0.5) is 0 Å². The number of hydrogen-bond acceptors (Lipinski definition) is 4. The minimum Gasteiger partial charge on any atom is -0.325 e. The van der Waals surface area contributed by atoms with Crippen molar-refractivity contribution in [1.82, 2.24) is 9.88 Å². The van der Waals surface area contributed by atoms with Crippen molar-refractivity contribution >= 4 is 11.3 Å². The molecule has 0 aliphatic carbocycles. The molecule has 0 aliphatic heterocycles. The predicted octanol–water partition coefficient (Wildman–Crippen LogP) is 1.49. The summed E-state index contributed by atoms with van der Waals surface area (Å²) in [4.78, 5) is 6.84. The summed E-state index contributed by atoms with van der Waals surface area (Å²) in [5.41, 5.74) is 6.52. The first kappa shape index (κ1) is 11.6. The number of aromatic nitrogens is 1. The van der Waals surface area contributed by atoms with E-state index in [-0.39, 0.29) is 0 Å². The van der Waals surface area contributed by atoms with E-state index >= 15 is 0 Å². The maximum Gasteiger partial charge on any atom is 0.0941 e. The molecule has 1 heterocycles. The number of rotatable bonds is 6. The van der Waals surface area contributed by atoms with Gasteiger partial charge in [0.25, 0.3) is 0 Å². The molecule has 3 nitrogen and oxygen atoms in total. The van der Waals surface area contributed by atoms with Gasteiger partial charge in [-0.15, -0.1) is 11.3 Å². The van der Waals surface area contributed by atoms with E-state index in [1.807, 2.05) is 0 Å². The highest BCUT2D eigenvalue weighted by Gasteiger charge is 2.03. The molecule has 80 valence electrons. The predicted molar refractivity (Wildman–Crippen MR) is 61.5 cm³/mol. The van der Waals surface area contributed by atoms with E-state index in [4.69, 9.17) is 5.73 Å². The molecule has 0 bridgehead atoms. The van der Waals surface area contributed by atoms with Crippen molar-refractivity contribution in [3.05, 3.63) is 16.1 Å². The van der Waals surface area contributed by atoms with Crippen LogP contribution in [0.3, 0.4) is 0 Å². The lowest BCUT2D eigenvalue weighted by molar-refractivity contribution is 0.308. The van der Waals surface area contributed by atoms with Gasteiger partial charge in [0.2, 0.25) is 0 Å². The van der Waals surface area contributed by atoms with Crippen LogP contribution >= 0.6 is 11.3 Å². The first-order valence-corrected chi connectivity index (χ1v) is 6.03. The number of thiazole rings is 1. The molecular weight excluding hydrogens is 194 g/mol. The Bertz CT molecular complexity index is 256. The van der Waals surface area contributed by atoms with E-state index in [0.717, 1.165) is 31.7 Å². The molecule has 14 heavy (non-hydrogen) atoms. The maximum atomic E-state index is 5.51. The van der Waals surface area contributed by atoms with Gasteiger partial charge in [0.15, 0.2) is 0 Å². The van der Waals surface area contributed by atoms with Crippen LogP contribution < -0.4 is 5.73 Å². The van der Waals surface area contributed by atoms with E-state index in [2.05, 4.69) is 29.1 Å². The Morgan fingerprint density at radius 2 is 2.14 bits per heavy atom. The van der Waals surface area contributed by atoms with Crippen LogP contribution in [0.5, 0.6) is 0 Å². The third-order valence-corrected chi connectivity index (χ3v) is 3.30. The minimum absolute atomic E-state index is 0.557. The molecule has 0 amide bonds. The summed E-state index contributed by atoms with van der Waals surface area (Å²) in [7, 11) is 0. The summed E-state index contributed by atoms with van der Waals surface area (Å²) >= 11 is 1.72. The van der Waals surface area contributed by atoms with Crippen molar-refractivity contribution in [2.24, 2.45) is 5.73 Å². The molecule has 2 N–H and O–H groups in total. The Morgan fingerprint density at radius 3 is 2.64 bits per heavy atom. The van der Waals surface area contributed by atoms with Gasteiger partial charge in [-0.1, -0.05) is 13.8 Å². The highest BCUT2D eigenvalue weighted by atomic mass is 32.1. The molecule has 1 aromatic rings. The quantitative estimate of drug-likeness (QED) is 0.778. The van der Waals surface area contributed by atoms with E-state index in [1.54, 1.807) is 11.3 Å². The van der Waals surface area contributed by atoms with Crippen molar-refractivity contribution in [3.63, 3.8) is 0 Å². The smallest absolute Gasteiger partial charge is 0.0941 e. The van der Waals surface area contributed by atoms with E-state index in [9.17, 15) is 0 Å². The second-order valence-corrected chi connectivity index (χ2v) is 4.16. The summed E-state index contributed by atoms with van der Waals surface area (Å²) in [6, 6.07) is 0. The topological polar surface area (TPSA) is 42.2 Å². The summed E-state index contributed by atoms with van der Waals surface area (Å²) in [6.07, 6.45) is 1.05. The Hall–Kier alpha value is -0.450. The molecule has 0 spiro atoms. The monoisotopic (exact) mass is 213 g/mol. The average Bonchev–Trinajstić information content (AvgIpc) is 2.67. The second kappa shape index (κ2) is 6.11. The number of nitrogens with zero attached hydrogens (tertiary/aromatic N) is 2. The summed E-state index contributed by atoms with van der Waals surface area (Å²) < 4.78 is 0. The van der Waals surface area contributed by atoms with Gasteiger partial charge in [-0.25, -0.2) is 4.98 Å². The van der Waals surface area contributed by atoms with Gasteiger partial charge < -0.3 is 10.6 Å². The van der Waals surface area contributed by atoms with Crippen molar-refractivity contribution < 1.29 is 0 Å². The number of likely N-dealkylation sites (N-methyl/N-ethyl adjacent to an activating group) is 1. The standard InChI is InChI=1S/C10H19N3S/c1-3-13(4-2)6-5-10-12-9(7-11)8-14-10/h8H,3-7,11H2,1-2H3. The Kier molecular flexibility index (Phi) is 5.07. The SMILES string of the molecule is CCN(CC)CCc1nc(CN)cs1. The molecule has 4 heteroatoms. The molecular formula is C10H19N3S. The molecule has 1 aromatic heterocycles. The first-order chi connectivity index (χ1) is 6.80. The van der Waals surface area contributed by atoms with Gasteiger partial charge in [0.1, 0.15) is 0 Å². The van der Waals surface area contributed by atoms with Gasteiger partial charge in [0, 0.05) is 24.9 Å². The van der Waals surface area contributed by atoms with Gasteiger partial charge in [0.05, 0.1) is 10.7 Å².